The number of benzene rings is 2. The molecule has 6 rings (SSSR count). The van der Waals surface area contributed by atoms with Gasteiger partial charge in [0, 0.05) is 17.6 Å². The summed E-state index contributed by atoms with van der Waals surface area (Å²) in [4.78, 5) is 19.1. The molecular weight excluding hydrogens is 476 g/mol. The Morgan fingerprint density at radius 1 is 1.03 bits per heavy atom. The number of pyridine rings is 1. The number of fused-ring (bicyclic) bond motifs is 1. The standard InChI is InChI=1S/C30H32N6O2/c1-2-21-14-15-27-23(17-21)18-26(30(37)31-27)28(29-32-33-34-36(29)24-11-6-7-12-24)35(20-25-13-8-16-38-25)19-22-9-4-3-5-10-22/h3-5,8-10,13-18,24,28H,2,6-7,11-12,19-20H2,1H3,(H,31,37)/t28-/m0/s1. The topological polar surface area (TPSA) is 92.8 Å². The van der Waals surface area contributed by atoms with Crippen LogP contribution >= 0.6 is 0 Å². The molecule has 0 unspecified atom stereocenters. The van der Waals surface area contributed by atoms with Gasteiger partial charge in [-0.1, -0.05) is 56.2 Å². The highest BCUT2D eigenvalue weighted by atomic mass is 16.3. The number of nitrogens with one attached hydrogen (secondary N) is 1. The average molecular weight is 509 g/mol. The molecule has 0 bridgehead atoms. The maximum absolute atomic E-state index is 13.7. The number of tetrazole rings is 1. The van der Waals surface area contributed by atoms with Crippen LogP contribution < -0.4 is 5.56 Å². The molecular formula is C30H32N6O2. The highest BCUT2D eigenvalue weighted by molar-refractivity contribution is 5.80. The van der Waals surface area contributed by atoms with E-state index in [1.165, 1.54) is 5.56 Å². The molecule has 1 saturated carbocycles. The van der Waals surface area contributed by atoms with Gasteiger partial charge in [0.15, 0.2) is 5.82 Å². The minimum atomic E-state index is -0.477. The van der Waals surface area contributed by atoms with E-state index in [1.807, 2.05) is 47.1 Å². The van der Waals surface area contributed by atoms with Crippen LogP contribution in [0.1, 0.15) is 73.0 Å². The Labute approximate surface area is 221 Å². The number of aromatic nitrogens is 5. The Hall–Kier alpha value is -4.04. The fourth-order valence-electron chi connectivity index (χ4n) is 5.64. The number of furan rings is 1. The first-order valence-corrected chi connectivity index (χ1v) is 13.4. The molecule has 0 aliphatic heterocycles. The number of aromatic amines is 1. The lowest BCUT2D eigenvalue weighted by molar-refractivity contribution is 0.176. The van der Waals surface area contributed by atoms with Gasteiger partial charge in [-0.25, -0.2) is 4.68 Å². The molecule has 0 radical (unpaired) electrons. The number of rotatable bonds is 9. The van der Waals surface area contributed by atoms with Crippen molar-refractivity contribution >= 4 is 10.9 Å². The molecule has 5 aromatic rings. The molecule has 3 aromatic heterocycles. The van der Waals surface area contributed by atoms with E-state index in [0.29, 0.717) is 24.5 Å². The van der Waals surface area contributed by atoms with E-state index in [-0.39, 0.29) is 11.6 Å². The smallest absolute Gasteiger partial charge is 0.253 e. The van der Waals surface area contributed by atoms with Crippen LogP contribution in [0, 0.1) is 0 Å². The molecule has 1 aliphatic rings. The zero-order chi connectivity index (χ0) is 25.9. The zero-order valence-corrected chi connectivity index (χ0v) is 21.6. The van der Waals surface area contributed by atoms with Crippen LogP contribution in [0.15, 0.2) is 82.2 Å². The third-order valence-corrected chi connectivity index (χ3v) is 7.61. The number of H-pyrrole nitrogens is 1. The monoisotopic (exact) mass is 508 g/mol. The average Bonchev–Trinajstić information content (AvgIpc) is 3.73. The summed E-state index contributed by atoms with van der Waals surface area (Å²) in [6, 6.07) is 22.1. The van der Waals surface area contributed by atoms with E-state index in [9.17, 15) is 4.79 Å². The highest BCUT2D eigenvalue weighted by Gasteiger charge is 2.33. The van der Waals surface area contributed by atoms with Crippen molar-refractivity contribution in [3.63, 3.8) is 0 Å². The Balaban J connectivity index is 1.53. The third-order valence-electron chi connectivity index (χ3n) is 7.61. The second-order valence-electron chi connectivity index (χ2n) is 10.1. The van der Waals surface area contributed by atoms with Gasteiger partial charge in [-0.2, -0.15) is 0 Å². The molecule has 1 aliphatic carbocycles. The highest BCUT2D eigenvalue weighted by Crippen LogP contribution is 2.35. The van der Waals surface area contributed by atoms with Gasteiger partial charge in [-0.05, 0) is 76.5 Å². The normalized spacial score (nSPS) is 15.0. The van der Waals surface area contributed by atoms with Crippen LogP contribution in [0.4, 0.5) is 0 Å². The molecule has 1 fully saturated rings. The molecule has 2 aromatic carbocycles. The lowest BCUT2D eigenvalue weighted by Crippen LogP contribution is -2.35. The predicted molar refractivity (Wildman–Crippen MR) is 146 cm³/mol. The van der Waals surface area contributed by atoms with Gasteiger partial charge in [0.1, 0.15) is 11.8 Å². The number of hydrogen-bond donors (Lipinski definition) is 1. The lowest BCUT2D eigenvalue weighted by Gasteiger charge is -2.31. The Morgan fingerprint density at radius 2 is 1.87 bits per heavy atom. The van der Waals surface area contributed by atoms with Gasteiger partial charge >= 0.3 is 0 Å². The summed E-state index contributed by atoms with van der Waals surface area (Å²) in [5.74, 6) is 1.51. The van der Waals surface area contributed by atoms with Gasteiger partial charge in [-0.15, -0.1) is 5.10 Å². The minimum absolute atomic E-state index is 0.134. The fourth-order valence-corrected chi connectivity index (χ4v) is 5.64. The fraction of sp³-hybridized carbons (Fsp3) is 0.333. The van der Waals surface area contributed by atoms with Gasteiger partial charge in [0.05, 0.1) is 18.8 Å². The SMILES string of the molecule is CCc1ccc2[nH]c(=O)c([C@@H](c3nnnn3C3CCCC3)N(Cc3ccccc3)Cc3ccco3)cc2c1. The van der Waals surface area contributed by atoms with Crippen molar-refractivity contribution in [3.8, 4) is 0 Å². The summed E-state index contributed by atoms with van der Waals surface area (Å²) in [6.07, 6.45) is 7.00. The molecule has 38 heavy (non-hydrogen) atoms. The number of hydrogen-bond acceptors (Lipinski definition) is 6. The first-order chi connectivity index (χ1) is 18.7. The van der Waals surface area contributed by atoms with E-state index in [2.05, 4.69) is 56.6 Å². The summed E-state index contributed by atoms with van der Waals surface area (Å²) >= 11 is 0. The van der Waals surface area contributed by atoms with Crippen LogP contribution in [0.25, 0.3) is 10.9 Å². The Kier molecular flexibility index (Phi) is 6.88. The predicted octanol–water partition coefficient (Wildman–Crippen LogP) is 5.58. The summed E-state index contributed by atoms with van der Waals surface area (Å²) in [6.45, 7) is 3.23. The first kappa shape index (κ1) is 24.3. The zero-order valence-electron chi connectivity index (χ0n) is 21.6. The van der Waals surface area contributed by atoms with Crippen LogP contribution in [0.2, 0.25) is 0 Å². The van der Waals surface area contributed by atoms with Crippen LogP contribution in [-0.4, -0.2) is 30.1 Å². The maximum atomic E-state index is 13.7. The van der Waals surface area contributed by atoms with E-state index in [0.717, 1.165) is 54.3 Å². The molecule has 1 N–H and O–H groups in total. The summed E-state index contributed by atoms with van der Waals surface area (Å²) in [7, 11) is 0. The molecule has 0 saturated heterocycles. The molecule has 8 heteroatoms. The van der Waals surface area contributed by atoms with Crippen molar-refractivity contribution in [2.45, 2.75) is 64.2 Å². The summed E-state index contributed by atoms with van der Waals surface area (Å²) in [5, 5.41) is 14.1. The van der Waals surface area contributed by atoms with Gasteiger partial charge in [0.2, 0.25) is 0 Å². The van der Waals surface area contributed by atoms with E-state index < -0.39 is 6.04 Å². The maximum Gasteiger partial charge on any atom is 0.253 e. The Morgan fingerprint density at radius 3 is 2.63 bits per heavy atom. The largest absolute Gasteiger partial charge is 0.468 e. The van der Waals surface area contributed by atoms with Crippen molar-refractivity contribution in [2.75, 3.05) is 0 Å². The van der Waals surface area contributed by atoms with Crippen molar-refractivity contribution in [2.24, 2.45) is 0 Å². The summed E-state index contributed by atoms with van der Waals surface area (Å²) < 4.78 is 7.74. The second kappa shape index (κ2) is 10.8. The molecule has 0 amide bonds. The van der Waals surface area contributed by atoms with Crippen molar-refractivity contribution < 1.29 is 4.42 Å². The molecule has 194 valence electrons. The second-order valence-corrected chi connectivity index (χ2v) is 10.1. The van der Waals surface area contributed by atoms with Gasteiger partial charge < -0.3 is 9.40 Å². The molecule has 8 nitrogen and oxygen atoms in total. The van der Waals surface area contributed by atoms with Gasteiger partial charge in [0.25, 0.3) is 5.56 Å². The van der Waals surface area contributed by atoms with Crippen molar-refractivity contribution in [1.29, 1.82) is 0 Å². The van der Waals surface area contributed by atoms with Crippen molar-refractivity contribution in [1.82, 2.24) is 30.1 Å². The quantitative estimate of drug-likeness (QED) is 0.280. The number of aryl methyl sites for hydroxylation is 1. The third kappa shape index (κ3) is 4.91. The molecule has 3 heterocycles. The molecule has 0 spiro atoms. The number of nitrogens with zero attached hydrogens (tertiary/aromatic N) is 5. The van der Waals surface area contributed by atoms with Gasteiger partial charge in [-0.3, -0.25) is 9.69 Å². The first-order valence-electron chi connectivity index (χ1n) is 13.4. The van der Waals surface area contributed by atoms with Crippen LogP contribution in [-0.2, 0) is 19.5 Å². The molecule has 1 atom stereocenters. The lowest BCUT2D eigenvalue weighted by atomic mass is 10.0. The summed E-state index contributed by atoms with van der Waals surface area (Å²) in [5.41, 5.74) is 3.67. The van der Waals surface area contributed by atoms with E-state index in [4.69, 9.17) is 4.42 Å². The van der Waals surface area contributed by atoms with E-state index in [1.54, 1.807) is 6.26 Å². The van der Waals surface area contributed by atoms with E-state index >= 15 is 0 Å². The van der Waals surface area contributed by atoms with Crippen LogP contribution in [0.5, 0.6) is 0 Å². The van der Waals surface area contributed by atoms with Crippen molar-refractivity contribution in [3.05, 3.63) is 112 Å². The Bertz CT molecular complexity index is 1550. The minimum Gasteiger partial charge on any atom is -0.468 e. The van der Waals surface area contributed by atoms with Crippen LogP contribution in [0.3, 0.4) is 0 Å².